The maximum atomic E-state index is 10.6. The second-order valence-electron chi connectivity index (χ2n) is 3.02. The molecule has 0 unspecified atom stereocenters. The van der Waals surface area contributed by atoms with Gasteiger partial charge in [-0.15, -0.1) is 0 Å². The van der Waals surface area contributed by atoms with Gasteiger partial charge >= 0.3 is 29.6 Å². The van der Waals surface area contributed by atoms with E-state index in [1.165, 1.54) is 6.92 Å². The number of nitrogens with zero attached hydrogens (tertiary/aromatic N) is 1. The van der Waals surface area contributed by atoms with Crippen molar-refractivity contribution in [1.29, 1.82) is 0 Å². The molecule has 0 saturated heterocycles. The summed E-state index contributed by atoms with van der Waals surface area (Å²) in [7, 11) is 0. The van der Waals surface area contributed by atoms with Crippen molar-refractivity contribution in [2.45, 2.75) is 25.8 Å². The molecule has 86 valence electrons. The van der Waals surface area contributed by atoms with E-state index in [9.17, 15) is 14.7 Å². The molecule has 0 rings (SSSR count). The van der Waals surface area contributed by atoms with E-state index in [2.05, 4.69) is 10.3 Å². The number of carboxylic acid groups (broad SMARTS) is 1. The van der Waals surface area contributed by atoms with E-state index in [0.29, 0.717) is 13.0 Å². The number of carboxylic acids is 1. The van der Waals surface area contributed by atoms with Crippen molar-refractivity contribution < 1.29 is 44.3 Å². The third-order valence-electron chi connectivity index (χ3n) is 1.61. The minimum atomic E-state index is -1.31. The first-order valence-corrected chi connectivity index (χ1v) is 4.47. The first-order valence-electron chi connectivity index (χ1n) is 4.47. The molecule has 0 saturated carbocycles. The molecule has 0 aromatic heterocycles. The van der Waals surface area contributed by atoms with Crippen LogP contribution in [0.1, 0.15) is 19.8 Å². The number of aliphatic carboxylic acids is 1. The third kappa shape index (κ3) is 9.75. The van der Waals surface area contributed by atoms with Crippen LogP contribution < -0.4 is 51.4 Å². The van der Waals surface area contributed by atoms with Gasteiger partial charge in [0.15, 0.2) is 5.96 Å². The number of nitrogens with one attached hydrogen (secondary N) is 1. The molecule has 5 N–H and O–H groups in total. The Hall–Kier alpha value is -0.790. The van der Waals surface area contributed by atoms with Crippen molar-refractivity contribution in [2.75, 3.05) is 6.54 Å². The number of guanidine groups is 1. The van der Waals surface area contributed by atoms with E-state index >= 15 is 0 Å². The normalized spacial score (nSPS) is 10.8. The van der Waals surface area contributed by atoms with Crippen LogP contribution >= 0.6 is 0 Å². The molecule has 0 aromatic carbocycles. The van der Waals surface area contributed by atoms with Gasteiger partial charge in [0.1, 0.15) is 0 Å². The number of carbonyl (C=O) groups is 2. The Balaban J connectivity index is 0. The van der Waals surface area contributed by atoms with E-state index < -0.39 is 17.9 Å². The van der Waals surface area contributed by atoms with Crippen molar-refractivity contribution in [3.63, 3.8) is 0 Å². The first-order chi connectivity index (χ1) is 6.93. The van der Waals surface area contributed by atoms with Gasteiger partial charge in [-0.2, -0.15) is 0 Å². The Bertz CT molecular complexity index is 266. The van der Waals surface area contributed by atoms with Gasteiger partial charge in [-0.05, 0) is 12.8 Å². The molecule has 0 aliphatic rings. The number of nitrogens with two attached hydrogens (primary N) is 2. The van der Waals surface area contributed by atoms with E-state index in [4.69, 9.17) is 11.5 Å². The van der Waals surface area contributed by atoms with Crippen LogP contribution in [0.2, 0.25) is 0 Å². The Labute approximate surface area is 116 Å². The Morgan fingerprint density at radius 1 is 1.44 bits per heavy atom. The van der Waals surface area contributed by atoms with Crippen molar-refractivity contribution in [3.8, 4) is 0 Å². The molecule has 0 aliphatic heterocycles. The molecule has 0 fully saturated rings. The molecular weight excluding hydrogens is 223 g/mol. The SMILES string of the molecule is CC(=O)N[C@@H](CCCN=C(N)N)C(=O)[O-].[Na+]. The molecule has 1 atom stereocenters. The van der Waals surface area contributed by atoms with Crippen molar-refractivity contribution in [3.05, 3.63) is 0 Å². The largest absolute Gasteiger partial charge is 1.00 e. The molecule has 0 spiro atoms. The van der Waals surface area contributed by atoms with Crippen LogP contribution in [0.5, 0.6) is 0 Å². The number of hydrogen-bond acceptors (Lipinski definition) is 4. The summed E-state index contributed by atoms with van der Waals surface area (Å²) in [4.78, 5) is 24.9. The maximum Gasteiger partial charge on any atom is 1.00 e. The van der Waals surface area contributed by atoms with Crippen LogP contribution in [-0.4, -0.2) is 30.4 Å². The molecule has 0 radical (unpaired) electrons. The summed E-state index contributed by atoms with van der Waals surface area (Å²) in [6, 6.07) is -0.989. The monoisotopic (exact) mass is 238 g/mol. The van der Waals surface area contributed by atoms with Gasteiger partial charge in [0.2, 0.25) is 5.91 Å². The predicted molar refractivity (Wildman–Crippen MR) is 52.5 cm³/mol. The quantitative estimate of drug-likeness (QED) is 0.183. The van der Waals surface area contributed by atoms with E-state index in [1.54, 1.807) is 0 Å². The van der Waals surface area contributed by atoms with Crippen molar-refractivity contribution in [1.82, 2.24) is 5.32 Å². The zero-order valence-electron chi connectivity index (χ0n) is 9.53. The second-order valence-corrected chi connectivity index (χ2v) is 3.02. The second kappa shape index (κ2) is 9.44. The van der Waals surface area contributed by atoms with Gasteiger partial charge in [0, 0.05) is 13.5 Å². The number of rotatable bonds is 6. The summed E-state index contributed by atoms with van der Waals surface area (Å²) in [6.07, 6.45) is 0.690. The number of aliphatic imine (C=N–C) groups is 1. The van der Waals surface area contributed by atoms with Crippen LogP contribution in [0.3, 0.4) is 0 Å². The molecule has 0 heterocycles. The Kier molecular flexibility index (Phi) is 10.4. The minimum absolute atomic E-state index is 0. The molecule has 0 aromatic rings. The smallest absolute Gasteiger partial charge is 0.548 e. The Morgan fingerprint density at radius 3 is 2.38 bits per heavy atom. The third-order valence-corrected chi connectivity index (χ3v) is 1.61. The van der Waals surface area contributed by atoms with Crippen LogP contribution in [0.25, 0.3) is 0 Å². The standard InChI is InChI=1S/C8H16N4O3.Na/c1-5(13)12-6(7(14)15)3-2-4-11-8(9)10;/h6H,2-4H2,1H3,(H,12,13)(H,14,15)(H4,9,10,11);/q;+1/p-1/t6-;/m0./s1. The van der Waals surface area contributed by atoms with E-state index in [-0.39, 0.29) is 41.9 Å². The van der Waals surface area contributed by atoms with E-state index in [0.717, 1.165) is 0 Å². The van der Waals surface area contributed by atoms with Gasteiger partial charge < -0.3 is 26.7 Å². The minimum Gasteiger partial charge on any atom is -0.548 e. The molecule has 0 bridgehead atoms. The number of amides is 1. The fourth-order valence-electron chi connectivity index (χ4n) is 0.998. The topological polar surface area (TPSA) is 134 Å². The maximum absolute atomic E-state index is 10.6. The average molecular weight is 238 g/mol. The first kappa shape index (κ1) is 17.6. The molecule has 1 amide bonds. The van der Waals surface area contributed by atoms with Crippen molar-refractivity contribution in [2.24, 2.45) is 16.5 Å². The zero-order chi connectivity index (χ0) is 11.8. The predicted octanol–water partition coefficient (Wildman–Crippen LogP) is -5.70. The van der Waals surface area contributed by atoms with Crippen molar-refractivity contribution >= 4 is 17.8 Å². The van der Waals surface area contributed by atoms with Gasteiger partial charge in [-0.1, -0.05) is 0 Å². The van der Waals surface area contributed by atoms with Crippen LogP contribution in [0, 0.1) is 0 Å². The number of carbonyl (C=O) groups excluding carboxylic acids is 2. The molecular formula is C8H15N4NaO3. The van der Waals surface area contributed by atoms with Gasteiger partial charge in [-0.25, -0.2) is 0 Å². The van der Waals surface area contributed by atoms with Crippen LogP contribution in [0.15, 0.2) is 4.99 Å². The van der Waals surface area contributed by atoms with Gasteiger partial charge in [0.05, 0.1) is 12.0 Å². The summed E-state index contributed by atoms with van der Waals surface area (Å²) in [6.45, 7) is 1.57. The van der Waals surface area contributed by atoms with Crippen LogP contribution in [-0.2, 0) is 9.59 Å². The summed E-state index contributed by atoms with van der Waals surface area (Å²) in [5, 5.41) is 12.8. The van der Waals surface area contributed by atoms with E-state index in [1.807, 2.05) is 0 Å². The summed E-state index contributed by atoms with van der Waals surface area (Å²) in [5.74, 6) is -1.76. The molecule has 7 nitrogen and oxygen atoms in total. The van der Waals surface area contributed by atoms with Gasteiger partial charge in [-0.3, -0.25) is 9.79 Å². The zero-order valence-corrected chi connectivity index (χ0v) is 11.5. The molecule has 8 heteroatoms. The molecule has 0 aliphatic carbocycles. The Morgan fingerprint density at radius 2 is 2.00 bits per heavy atom. The fourth-order valence-corrected chi connectivity index (χ4v) is 0.998. The van der Waals surface area contributed by atoms with Gasteiger partial charge in [0.25, 0.3) is 0 Å². The fraction of sp³-hybridized carbons (Fsp3) is 0.625. The summed E-state index contributed by atoms with van der Waals surface area (Å²) < 4.78 is 0. The summed E-state index contributed by atoms with van der Waals surface area (Å²) in [5.41, 5.74) is 10.2. The summed E-state index contributed by atoms with van der Waals surface area (Å²) >= 11 is 0. The average Bonchev–Trinajstić information content (AvgIpc) is 2.08. The van der Waals surface area contributed by atoms with Crippen LogP contribution in [0.4, 0.5) is 0 Å². The molecule has 16 heavy (non-hydrogen) atoms. The number of hydrogen-bond donors (Lipinski definition) is 3.